The Hall–Kier alpha value is -1.58. The van der Waals surface area contributed by atoms with Crippen LogP contribution in [0, 0.1) is 11.8 Å². The van der Waals surface area contributed by atoms with Gasteiger partial charge in [-0.25, -0.2) is 9.59 Å². The van der Waals surface area contributed by atoms with E-state index in [0.29, 0.717) is 23.0 Å². The van der Waals surface area contributed by atoms with E-state index in [1.807, 2.05) is 13.8 Å². The molecule has 0 aliphatic heterocycles. The molecule has 0 rings (SSSR count). The van der Waals surface area contributed by atoms with Crippen LogP contribution < -0.4 is 0 Å². The Labute approximate surface area is 160 Å². The van der Waals surface area contributed by atoms with Gasteiger partial charge in [-0.15, -0.1) is 0 Å². The molecular formula is C22H38O4. The highest BCUT2D eigenvalue weighted by molar-refractivity contribution is 5.87. The van der Waals surface area contributed by atoms with Gasteiger partial charge >= 0.3 is 11.9 Å². The maximum Gasteiger partial charge on any atom is 0.333 e. The number of unbranched alkanes of at least 4 members (excludes halogenated alkanes) is 3. The molecule has 0 spiro atoms. The fourth-order valence-electron chi connectivity index (χ4n) is 2.53. The highest BCUT2D eigenvalue weighted by atomic mass is 16.5. The highest BCUT2D eigenvalue weighted by Crippen LogP contribution is 2.20. The van der Waals surface area contributed by atoms with Gasteiger partial charge in [-0.1, -0.05) is 52.7 Å². The first kappa shape index (κ1) is 24.4. The summed E-state index contributed by atoms with van der Waals surface area (Å²) >= 11 is 0. The normalized spacial score (nSPS) is 15.5. The van der Waals surface area contributed by atoms with Crippen molar-refractivity contribution < 1.29 is 19.1 Å². The van der Waals surface area contributed by atoms with Crippen LogP contribution in [0.15, 0.2) is 24.3 Å². The number of carbonyl (C=O) groups excluding carboxylic acids is 2. The molecule has 0 N–H and O–H groups in total. The number of esters is 2. The predicted molar refractivity (Wildman–Crippen MR) is 107 cm³/mol. The number of rotatable bonds is 13. The van der Waals surface area contributed by atoms with Crippen LogP contribution in [-0.2, 0) is 19.1 Å². The van der Waals surface area contributed by atoms with E-state index in [1.54, 1.807) is 13.8 Å². The number of hydrogen-bond acceptors (Lipinski definition) is 4. The van der Waals surface area contributed by atoms with Gasteiger partial charge in [-0.2, -0.15) is 0 Å². The third-order valence-corrected chi connectivity index (χ3v) is 4.95. The number of hydrogen-bond donors (Lipinski definition) is 0. The van der Waals surface area contributed by atoms with Crippen molar-refractivity contribution in [1.29, 1.82) is 0 Å². The first-order valence-corrected chi connectivity index (χ1v) is 9.79. The summed E-state index contributed by atoms with van der Waals surface area (Å²) in [5.41, 5.74) is 0.891. The molecule has 0 aliphatic rings. The maximum atomic E-state index is 11.5. The second kappa shape index (κ2) is 12.7. The third-order valence-electron chi connectivity index (χ3n) is 4.95. The van der Waals surface area contributed by atoms with Crippen molar-refractivity contribution >= 4 is 11.9 Å². The molecule has 0 aromatic rings. The summed E-state index contributed by atoms with van der Waals surface area (Å²) in [6, 6.07) is 0. The Morgan fingerprint density at radius 1 is 0.692 bits per heavy atom. The van der Waals surface area contributed by atoms with E-state index in [9.17, 15) is 9.59 Å². The molecule has 0 saturated heterocycles. The van der Waals surface area contributed by atoms with Crippen LogP contribution in [0.5, 0.6) is 0 Å². The minimum atomic E-state index is -0.306. The molecule has 0 saturated carbocycles. The molecule has 0 bridgehead atoms. The molecule has 4 nitrogen and oxygen atoms in total. The van der Waals surface area contributed by atoms with E-state index < -0.39 is 0 Å². The van der Waals surface area contributed by atoms with E-state index >= 15 is 0 Å². The van der Waals surface area contributed by atoms with Crippen molar-refractivity contribution in [3.05, 3.63) is 24.3 Å². The van der Waals surface area contributed by atoms with Crippen LogP contribution in [0.4, 0.5) is 0 Å². The fraction of sp³-hybridized carbons (Fsp3) is 0.727. The molecule has 0 aromatic heterocycles. The van der Waals surface area contributed by atoms with Gasteiger partial charge in [0.2, 0.25) is 0 Å². The summed E-state index contributed by atoms with van der Waals surface area (Å²) in [6.07, 6.45) is 6.52. The van der Waals surface area contributed by atoms with Crippen molar-refractivity contribution in [2.45, 2.75) is 92.3 Å². The SMILES string of the molecule is C=C(C)C(=O)OC(C)C(C)CCCCCCC(C)C(C)OC(=O)C(=C)C. The van der Waals surface area contributed by atoms with Crippen molar-refractivity contribution in [3.63, 3.8) is 0 Å². The summed E-state index contributed by atoms with van der Waals surface area (Å²) in [5.74, 6) is 0.0808. The Morgan fingerprint density at radius 3 is 1.27 bits per heavy atom. The van der Waals surface area contributed by atoms with E-state index in [0.717, 1.165) is 38.5 Å². The number of carbonyl (C=O) groups is 2. The van der Waals surface area contributed by atoms with Gasteiger partial charge in [0.25, 0.3) is 0 Å². The Morgan fingerprint density at radius 2 is 1.00 bits per heavy atom. The second-order valence-electron chi connectivity index (χ2n) is 7.73. The topological polar surface area (TPSA) is 52.6 Å². The lowest BCUT2D eigenvalue weighted by atomic mass is 9.95. The van der Waals surface area contributed by atoms with Gasteiger partial charge in [-0.05, 0) is 52.4 Å². The van der Waals surface area contributed by atoms with Crippen LogP contribution >= 0.6 is 0 Å². The molecule has 0 fully saturated rings. The highest BCUT2D eigenvalue weighted by Gasteiger charge is 2.18. The predicted octanol–water partition coefficient (Wildman–Crippen LogP) is 5.61. The second-order valence-corrected chi connectivity index (χ2v) is 7.73. The quantitative estimate of drug-likeness (QED) is 0.241. The largest absolute Gasteiger partial charge is 0.459 e. The van der Waals surface area contributed by atoms with Crippen molar-refractivity contribution in [1.82, 2.24) is 0 Å². The molecule has 4 atom stereocenters. The van der Waals surface area contributed by atoms with E-state index in [2.05, 4.69) is 27.0 Å². The van der Waals surface area contributed by atoms with Gasteiger partial charge in [0.15, 0.2) is 0 Å². The molecule has 4 heteroatoms. The van der Waals surface area contributed by atoms with Gasteiger partial charge in [-0.3, -0.25) is 0 Å². The van der Waals surface area contributed by atoms with Crippen LogP contribution in [0.3, 0.4) is 0 Å². The minimum absolute atomic E-state index is 0.0805. The lowest BCUT2D eigenvalue weighted by Crippen LogP contribution is -2.22. The summed E-state index contributed by atoms with van der Waals surface area (Å²) in [7, 11) is 0. The standard InChI is InChI=1S/C22H38O4/c1-15(2)21(23)25-19(7)17(5)13-11-9-10-12-14-18(6)20(8)26-22(24)16(3)4/h17-20H,1,3,9-14H2,2,4-8H3. The molecule has 0 aromatic carbocycles. The molecule has 150 valence electrons. The van der Waals surface area contributed by atoms with E-state index in [-0.39, 0.29) is 24.1 Å². The summed E-state index contributed by atoms with van der Waals surface area (Å²) < 4.78 is 10.7. The van der Waals surface area contributed by atoms with Gasteiger partial charge in [0, 0.05) is 11.1 Å². The fourth-order valence-corrected chi connectivity index (χ4v) is 2.53. The number of ether oxygens (including phenoxy) is 2. The third kappa shape index (κ3) is 10.4. The Bertz CT molecular complexity index is 437. The van der Waals surface area contributed by atoms with Gasteiger partial charge in [0.05, 0.1) is 0 Å². The van der Waals surface area contributed by atoms with Gasteiger partial charge in [0.1, 0.15) is 12.2 Å². The average Bonchev–Trinajstić information content (AvgIpc) is 2.56. The van der Waals surface area contributed by atoms with Crippen LogP contribution in [0.1, 0.15) is 80.1 Å². The van der Waals surface area contributed by atoms with E-state index in [1.165, 1.54) is 0 Å². The summed E-state index contributed by atoms with van der Waals surface area (Å²) in [5, 5.41) is 0. The maximum absolute atomic E-state index is 11.5. The zero-order valence-corrected chi connectivity index (χ0v) is 17.6. The Kier molecular flexibility index (Phi) is 11.9. The summed E-state index contributed by atoms with van der Waals surface area (Å²) in [6.45, 7) is 18.7. The minimum Gasteiger partial charge on any atom is -0.459 e. The van der Waals surface area contributed by atoms with Crippen molar-refractivity contribution in [3.8, 4) is 0 Å². The zero-order chi connectivity index (χ0) is 20.3. The van der Waals surface area contributed by atoms with Crippen molar-refractivity contribution in [2.75, 3.05) is 0 Å². The molecule has 0 aliphatic carbocycles. The molecule has 0 radical (unpaired) electrons. The average molecular weight is 367 g/mol. The molecular weight excluding hydrogens is 328 g/mol. The van der Waals surface area contributed by atoms with Crippen LogP contribution in [-0.4, -0.2) is 24.1 Å². The summed E-state index contributed by atoms with van der Waals surface area (Å²) in [4.78, 5) is 23.1. The van der Waals surface area contributed by atoms with Gasteiger partial charge < -0.3 is 9.47 Å². The van der Waals surface area contributed by atoms with Crippen LogP contribution in [0.2, 0.25) is 0 Å². The molecule has 0 amide bonds. The molecule has 4 unspecified atom stereocenters. The smallest absolute Gasteiger partial charge is 0.333 e. The van der Waals surface area contributed by atoms with Crippen LogP contribution in [0.25, 0.3) is 0 Å². The molecule has 26 heavy (non-hydrogen) atoms. The first-order chi connectivity index (χ1) is 12.1. The lowest BCUT2D eigenvalue weighted by Gasteiger charge is -2.21. The Balaban J connectivity index is 3.86. The van der Waals surface area contributed by atoms with Crippen molar-refractivity contribution in [2.24, 2.45) is 11.8 Å². The zero-order valence-electron chi connectivity index (χ0n) is 17.6. The monoisotopic (exact) mass is 366 g/mol. The van der Waals surface area contributed by atoms with E-state index in [4.69, 9.17) is 9.47 Å². The molecule has 0 heterocycles. The first-order valence-electron chi connectivity index (χ1n) is 9.79. The lowest BCUT2D eigenvalue weighted by molar-refractivity contribution is -0.146.